The molecule has 2 aliphatic heterocycles. The van der Waals surface area contributed by atoms with Gasteiger partial charge in [0.1, 0.15) is 0 Å². The van der Waals surface area contributed by atoms with E-state index < -0.39 is 0 Å². The van der Waals surface area contributed by atoms with Crippen LogP contribution in [0.25, 0.3) is 6.08 Å². The number of nitrogens with one attached hydrogen (secondary N) is 1. The largest absolute Gasteiger partial charge is 0.369 e. The molecular weight excluding hydrogens is 390 g/mol. The van der Waals surface area contributed by atoms with Gasteiger partial charge in [-0.1, -0.05) is 12.1 Å². The van der Waals surface area contributed by atoms with E-state index >= 15 is 0 Å². The average molecular weight is 405 g/mol. The van der Waals surface area contributed by atoms with Crippen LogP contribution >= 0.6 is 40.1 Å². The number of amides is 2. The van der Waals surface area contributed by atoms with Crippen LogP contribution in [0.5, 0.6) is 0 Å². The summed E-state index contributed by atoms with van der Waals surface area (Å²) in [4.78, 5) is 25.6. The van der Waals surface area contributed by atoms with Gasteiger partial charge in [-0.05, 0) is 46.3 Å². The molecule has 118 valence electrons. The predicted molar refractivity (Wildman–Crippen MR) is 95.3 cm³/mol. The SMILES string of the molecule is Cl.NC1CCN(c2c(Br)cccc2/C=C2/SC(=O)NC2=O)C1. The molecule has 22 heavy (non-hydrogen) atoms. The lowest BCUT2D eigenvalue weighted by Gasteiger charge is -2.22. The summed E-state index contributed by atoms with van der Waals surface area (Å²) in [6, 6.07) is 5.99. The Labute approximate surface area is 147 Å². The Balaban J connectivity index is 0.00000176. The number of nitrogens with zero attached hydrogens (tertiary/aromatic N) is 1. The van der Waals surface area contributed by atoms with E-state index in [1.54, 1.807) is 6.08 Å². The standard InChI is InChI=1S/C14H14BrN3O2S.ClH/c15-10-3-1-2-8(6-11-13(19)17-14(20)21-11)12(10)18-5-4-9(16)7-18;/h1-3,6,9H,4-5,7,16H2,(H,17,19,20);1H/b11-6+;. The molecule has 3 rings (SSSR count). The van der Waals surface area contributed by atoms with E-state index in [0.717, 1.165) is 47.0 Å². The Morgan fingerprint density at radius 2 is 2.18 bits per heavy atom. The number of rotatable bonds is 2. The molecule has 2 fully saturated rings. The second-order valence-electron chi connectivity index (χ2n) is 5.02. The fourth-order valence-electron chi connectivity index (χ4n) is 2.53. The molecule has 2 amide bonds. The lowest BCUT2D eigenvalue weighted by atomic mass is 10.1. The van der Waals surface area contributed by atoms with Gasteiger partial charge in [0.15, 0.2) is 0 Å². The van der Waals surface area contributed by atoms with Crippen molar-refractivity contribution in [3.05, 3.63) is 33.1 Å². The third-order valence-electron chi connectivity index (χ3n) is 3.49. The van der Waals surface area contributed by atoms with E-state index in [4.69, 9.17) is 5.73 Å². The normalized spacial score (nSPS) is 22.9. The minimum atomic E-state index is -0.339. The van der Waals surface area contributed by atoms with Gasteiger partial charge in [-0.25, -0.2) is 0 Å². The van der Waals surface area contributed by atoms with E-state index in [1.807, 2.05) is 18.2 Å². The number of carbonyl (C=O) groups is 2. The van der Waals surface area contributed by atoms with E-state index in [2.05, 4.69) is 26.1 Å². The maximum atomic E-state index is 11.7. The second kappa shape index (κ2) is 7.04. The van der Waals surface area contributed by atoms with Crippen molar-refractivity contribution >= 4 is 63.0 Å². The zero-order chi connectivity index (χ0) is 15.0. The molecule has 1 unspecified atom stereocenters. The highest BCUT2D eigenvalue weighted by Gasteiger charge is 2.27. The smallest absolute Gasteiger partial charge is 0.290 e. The van der Waals surface area contributed by atoms with Crippen LogP contribution in [0.2, 0.25) is 0 Å². The number of hydrogen-bond donors (Lipinski definition) is 2. The average Bonchev–Trinajstić information content (AvgIpc) is 2.96. The van der Waals surface area contributed by atoms with Gasteiger partial charge in [-0.15, -0.1) is 12.4 Å². The van der Waals surface area contributed by atoms with E-state index in [-0.39, 0.29) is 29.6 Å². The monoisotopic (exact) mass is 403 g/mol. The van der Waals surface area contributed by atoms with Crippen LogP contribution in [0.4, 0.5) is 10.5 Å². The number of benzene rings is 1. The molecule has 2 heterocycles. The zero-order valence-corrected chi connectivity index (χ0v) is 14.8. The first kappa shape index (κ1) is 17.3. The van der Waals surface area contributed by atoms with Gasteiger partial charge in [0.25, 0.3) is 11.1 Å². The molecule has 0 aliphatic carbocycles. The first-order valence-corrected chi connectivity index (χ1v) is 8.19. The van der Waals surface area contributed by atoms with Crippen LogP contribution in [0.3, 0.4) is 0 Å². The minimum absolute atomic E-state index is 0. The van der Waals surface area contributed by atoms with Gasteiger partial charge in [-0.3, -0.25) is 14.9 Å². The van der Waals surface area contributed by atoms with Crippen LogP contribution in [0, 0.1) is 0 Å². The van der Waals surface area contributed by atoms with Crippen molar-refractivity contribution in [2.75, 3.05) is 18.0 Å². The summed E-state index contributed by atoms with van der Waals surface area (Å²) in [5.41, 5.74) is 7.91. The molecule has 0 spiro atoms. The number of imide groups is 1. The molecule has 0 saturated carbocycles. The summed E-state index contributed by atoms with van der Waals surface area (Å²) in [7, 11) is 0. The summed E-state index contributed by atoms with van der Waals surface area (Å²) >= 11 is 4.50. The Morgan fingerprint density at radius 1 is 1.41 bits per heavy atom. The Hall–Kier alpha value is -1.02. The number of hydrogen-bond acceptors (Lipinski definition) is 5. The second-order valence-corrected chi connectivity index (χ2v) is 6.89. The van der Waals surface area contributed by atoms with Crippen LogP contribution in [0.1, 0.15) is 12.0 Å². The fraction of sp³-hybridized carbons (Fsp3) is 0.286. The quantitative estimate of drug-likeness (QED) is 0.741. The first-order valence-electron chi connectivity index (χ1n) is 6.58. The van der Waals surface area contributed by atoms with E-state index in [0.29, 0.717) is 4.91 Å². The summed E-state index contributed by atoms with van der Waals surface area (Å²) < 4.78 is 0.959. The Kier molecular flexibility index (Phi) is 5.55. The van der Waals surface area contributed by atoms with Crippen molar-refractivity contribution in [1.82, 2.24) is 5.32 Å². The molecule has 0 bridgehead atoms. The van der Waals surface area contributed by atoms with Gasteiger partial charge < -0.3 is 10.6 Å². The van der Waals surface area contributed by atoms with Crippen molar-refractivity contribution in [2.45, 2.75) is 12.5 Å². The Morgan fingerprint density at radius 3 is 2.77 bits per heavy atom. The van der Waals surface area contributed by atoms with Crippen LogP contribution < -0.4 is 16.0 Å². The van der Waals surface area contributed by atoms with E-state index in [1.165, 1.54) is 0 Å². The van der Waals surface area contributed by atoms with Crippen molar-refractivity contribution in [1.29, 1.82) is 0 Å². The molecule has 8 heteroatoms. The zero-order valence-electron chi connectivity index (χ0n) is 11.5. The third kappa shape index (κ3) is 3.48. The van der Waals surface area contributed by atoms with Crippen LogP contribution in [-0.4, -0.2) is 30.3 Å². The number of para-hydroxylation sites is 1. The number of thioether (sulfide) groups is 1. The Bertz CT molecular complexity index is 653. The number of nitrogens with two attached hydrogens (primary N) is 1. The van der Waals surface area contributed by atoms with Gasteiger partial charge in [0.2, 0.25) is 0 Å². The maximum absolute atomic E-state index is 11.7. The highest BCUT2D eigenvalue weighted by molar-refractivity contribution is 9.10. The van der Waals surface area contributed by atoms with Crippen molar-refractivity contribution in [3.63, 3.8) is 0 Å². The molecule has 3 N–H and O–H groups in total. The fourth-order valence-corrected chi connectivity index (χ4v) is 3.84. The molecule has 0 aromatic heterocycles. The predicted octanol–water partition coefficient (Wildman–Crippen LogP) is 2.73. The highest BCUT2D eigenvalue weighted by atomic mass is 79.9. The van der Waals surface area contributed by atoms with Crippen molar-refractivity contribution < 1.29 is 9.59 Å². The van der Waals surface area contributed by atoms with Gasteiger partial charge >= 0.3 is 0 Å². The number of halogens is 2. The lowest BCUT2D eigenvalue weighted by molar-refractivity contribution is -0.115. The number of carbonyl (C=O) groups excluding carboxylic acids is 2. The van der Waals surface area contributed by atoms with Gasteiger partial charge in [0, 0.05) is 29.2 Å². The van der Waals surface area contributed by atoms with Crippen LogP contribution in [0.15, 0.2) is 27.6 Å². The van der Waals surface area contributed by atoms with Gasteiger partial charge in [-0.2, -0.15) is 0 Å². The maximum Gasteiger partial charge on any atom is 0.290 e. The summed E-state index contributed by atoms with van der Waals surface area (Å²) in [6.45, 7) is 1.68. The first-order chi connectivity index (χ1) is 10.0. The van der Waals surface area contributed by atoms with E-state index in [9.17, 15) is 9.59 Å². The summed E-state index contributed by atoms with van der Waals surface area (Å²) in [5.74, 6) is -0.339. The third-order valence-corrected chi connectivity index (χ3v) is 4.94. The molecule has 2 aliphatic rings. The van der Waals surface area contributed by atoms with Crippen molar-refractivity contribution in [2.24, 2.45) is 5.73 Å². The molecule has 5 nitrogen and oxygen atoms in total. The molecule has 2 saturated heterocycles. The summed E-state index contributed by atoms with van der Waals surface area (Å²) in [6.07, 6.45) is 2.71. The molecule has 0 radical (unpaired) electrons. The van der Waals surface area contributed by atoms with Gasteiger partial charge in [0.05, 0.1) is 10.6 Å². The highest BCUT2D eigenvalue weighted by Crippen LogP contribution is 2.35. The molecule has 1 aromatic carbocycles. The number of anilines is 1. The minimum Gasteiger partial charge on any atom is -0.369 e. The molecule has 1 atom stereocenters. The molecule has 1 aromatic rings. The van der Waals surface area contributed by atoms with Crippen LogP contribution in [-0.2, 0) is 4.79 Å². The summed E-state index contributed by atoms with van der Waals surface area (Å²) in [5, 5.41) is 1.94. The molecular formula is C14H15BrClN3O2S. The van der Waals surface area contributed by atoms with Crippen molar-refractivity contribution in [3.8, 4) is 0 Å². The topological polar surface area (TPSA) is 75.4 Å². The lowest BCUT2D eigenvalue weighted by Crippen LogP contribution is -2.27.